The number of hydrogen-bond acceptors (Lipinski definition) is 6. The first-order chi connectivity index (χ1) is 12.3. The summed E-state index contributed by atoms with van der Waals surface area (Å²) in [6, 6.07) is 5.79. The number of hydrogen-bond donors (Lipinski definition) is 1. The molecule has 2 aliphatic rings. The molecule has 1 saturated heterocycles. The van der Waals surface area contributed by atoms with Gasteiger partial charge in [0, 0.05) is 50.3 Å². The van der Waals surface area contributed by atoms with Gasteiger partial charge < -0.3 is 24.6 Å². The molecule has 4 rings (SSSR count). The molecule has 2 aromatic rings. The van der Waals surface area contributed by atoms with Crippen LogP contribution in [0.1, 0.15) is 0 Å². The van der Waals surface area contributed by atoms with E-state index in [9.17, 15) is 0 Å². The fourth-order valence-electron chi connectivity index (χ4n) is 2.92. The highest BCUT2D eigenvalue weighted by atomic mass is 32.1. The van der Waals surface area contributed by atoms with Gasteiger partial charge in [-0.2, -0.15) is 0 Å². The van der Waals surface area contributed by atoms with Crippen LogP contribution >= 0.6 is 12.2 Å². The summed E-state index contributed by atoms with van der Waals surface area (Å²) >= 11 is 5.56. The van der Waals surface area contributed by atoms with Gasteiger partial charge in [-0.05, 0) is 24.4 Å². The summed E-state index contributed by atoms with van der Waals surface area (Å²) in [5.74, 6) is 2.44. The number of fused-ring (bicyclic) bond motifs is 1. The number of piperazine rings is 1. The Morgan fingerprint density at radius 1 is 1.04 bits per heavy atom. The SMILES string of the molecule is S=C(Nc1ccc2c(c1)OCCO2)N1CCN(c2cnccn2)CC1. The van der Waals surface area contributed by atoms with Crippen molar-refractivity contribution in [3.05, 3.63) is 36.8 Å². The molecule has 130 valence electrons. The van der Waals surface area contributed by atoms with E-state index in [1.807, 2.05) is 18.2 Å². The molecule has 1 aromatic carbocycles. The van der Waals surface area contributed by atoms with Crippen LogP contribution in [0.25, 0.3) is 0 Å². The highest BCUT2D eigenvalue weighted by Crippen LogP contribution is 2.32. The predicted molar refractivity (Wildman–Crippen MR) is 99.5 cm³/mol. The van der Waals surface area contributed by atoms with Crippen LogP contribution in [0, 0.1) is 0 Å². The highest BCUT2D eigenvalue weighted by molar-refractivity contribution is 7.80. The Morgan fingerprint density at radius 2 is 1.84 bits per heavy atom. The van der Waals surface area contributed by atoms with E-state index in [2.05, 4.69) is 25.1 Å². The van der Waals surface area contributed by atoms with Crippen molar-refractivity contribution in [2.24, 2.45) is 0 Å². The lowest BCUT2D eigenvalue weighted by Gasteiger charge is -2.36. The quantitative estimate of drug-likeness (QED) is 0.816. The summed E-state index contributed by atoms with van der Waals surface area (Å²) in [4.78, 5) is 12.9. The zero-order valence-corrected chi connectivity index (χ0v) is 14.5. The molecule has 8 heteroatoms. The number of rotatable bonds is 2. The molecular formula is C17H19N5O2S. The number of nitrogens with one attached hydrogen (secondary N) is 1. The summed E-state index contributed by atoms with van der Waals surface area (Å²) < 4.78 is 11.2. The molecule has 7 nitrogen and oxygen atoms in total. The summed E-state index contributed by atoms with van der Waals surface area (Å²) in [5, 5.41) is 4.01. The van der Waals surface area contributed by atoms with Gasteiger partial charge in [-0.15, -0.1) is 0 Å². The molecule has 0 spiro atoms. The van der Waals surface area contributed by atoms with Crippen molar-refractivity contribution in [1.29, 1.82) is 0 Å². The van der Waals surface area contributed by atoms with Gasteiger partial charge in [-0.25, -0.2) is 4.98 Å². The second-order valence-corrected chi connectivity index (χ2v) is 6.21. The first kappa shape index (κ1) is 15.9. The Labute approximate surface area is 151 Å². The van der Waals surface area contributed by atoms with E-state index in [0.717, 1.165) is 54.3 Å². The Balaban J connectivity index is 1.35. The van der Waals surface area contributed by atoms with Gasteiger partial charge >= 0.3 is 0 Å². The average Bonchev–Trinajstić information content (AvgIpc) is 2.69. The minimum atomic E-state index is 0.575. The van der Waals surface area contributed by atoms with E-state index >= 15 is 0 Å². The maximum Gasteiger partial charge on any atom is 0.173 e. The van der Waals surface area contributed by atoms with E-state index in [4.69, 9.17) is 21.7 Å². The molecule has 3 heterocycles. The van der Waals surface area contributed by atoms with E-state index in [1.54, 1.807) is 18.6 Å². The molecule has 1 aromatic heterocycles. The van der Waals surface area contributed by atoms with Crippen molar-refractivity contribution in [3.63, 3.8) is 0 Å². The zero-order valence-electron chi connectivity index (χ0n) is 13.7. The molecule has 0 amide bonds. The molecule has 0 aliphatic carbocycles. The molecule has 0 radical (unpaired) electrons. The molecule has 1 fully saturated rings. The third-order valence-electron chi connectivity index (χ3n) is 4.23. The average molecular weight is 357 g/mol. The Hall–Kier alpha value is -2.61. The second-order valence-electron chi connectivity index (χ2n) is 5.83. The molecule has 0 atom stereocenters. The lowest BCUT2D eigenvalue weighted by Crippen LogP contribution is -2.50. The molecule has 0 bridgehead atoms. The number of thiocarbonyl (C=S) groups is 1. The number of anilines is 2. The van der Waals surface area contributed by atoms with Crippen molar-refractivity contribution in [2.45, 2.75) is 0 Å². The third-order valence-corrected chi connectivity index (χ3v) is 4.59. The van der Waals surface area contributed by atoms with Crippen LogP contribution in [0.4, 0.5) is 11.5 Å². The van der Waals surface area contributed by atoms with E-state index in [-0.39, 0.29) is 0 Å². The van der Waals surface area contributed by atoms with Gasteiger partial charge in [0.15, 0.2) is 16.6 Å². The fourth-order valence-corrected chi connectivity index (χ4v) is 3.22. The van der Waals surface area contributed by atoms with E-state index in [0.29, 0.717) is 13.2 Å². The lowest BCUT2D eigenvalue weighted by atomic mass is 10.2. The largest absolute Gasteiger partial charge is 0.486 e. The van der Waals surface area contributed by atoms with Gasteiger partial charge in [-0.3, -0.25) is 4.98 Å². The Kier molecular flexibility index (Phi) is 4.51. The predicted octanol–water partition coefficient (Wildman–Crippen LogP) is 1.77. The monoisotopic (exact) mass is 357 g/mol. The van der Waals surface area contributed by atoms with Gasteiger partial charge in [0.2, 0.25) is 0 Å². The molecule has 2 aliphatic heterocycles. The Bertz CT molecular complexity index is 750. The first-order valence-corrected chi connectivity index (χ1v) is 8.67. The minimum absolute atomic E-state index is 0.575. The minimum Gasteiger partial charge on any atom is -0.486 e. The van der Waals surface area contributed by atoms with Crippen molar-refractivity contribution in [1.82, 2.24) is 14.9 Å². The maximum atomic E-state index is 5.61. The van der Waals surface area contributed by atoms with Crippen LogP contribution in [-0.4, -0.2) is 59.4 Å². The van der Waals surface area contributed by atoms with Crippen LogP contribution < -0.4 is 19.7 Å². The van der Waals surface area contributed by atoms with Crippen molar-refractivity contribution >= 4 is 28.8 Å². The van der Waals surface area contributed by atoms with Crippen LogP contribution in [0.3, 0.4) is 0 Å². The molecule has 0 saturated carbocycles. The molecule has 25 heavy (non-hydrogen) atoms. The van der Waals surface area contributed by atoms with Gasteiger partial charge in [-0.1, -0.05) is 0 Å². The molecule has 1 N–H and O–H groups in total. The standard InChI is InChI=1S/C17H19N5O2S/c25-17(20-13-1-2-14-15(11-13)24-10-9-23-14)22-7-5-21(6-8-22)16-12-18-3-4-19-16/h1-4,11-12H,5-10H2,(H,20,25). The number of nitrogens with zero attached hydrogens (tertiary/aromatic N) is 4. The van der Waals surface area contributed by atoms with Crippen molar-refractivity contribution in [3.8, 4) is 11.5 Å². The topological polar surface area (TPSA) is 62.8 Å². The zero-order chi connectivity index (χ0) is 17.1. The van der Waals surface area contributed by atoms with Crippen molar-refractivity contribution in [2.75, 3.05) is 49.6 Å². The third kappa shape index (κ3) is 3.58. The van der Waals surface area contributed by atoms with Crippen molar-refractivity contribution < 1.29 is 9.47 Å². The van der Waals surface area contributed by atoms with E-state index < -0.39 is 0 Å². The number of benzene rings is 1. The van der Waals surface area contributed by atoms with Crippen LogP contribution in [-0.2, 0) is 0 Å². The summed E-state index contributed by atoms with van der Waals surface area (Å²) in [6.45, 7) is 4.57. The van der Waals surface area contributed by atoms with Gasteiger partial charge in [0.25, 0.3) is 0 Å². The second kappa shape index (κ2) is 7.10. The Morgan fingerprint density at radius 3 is 2.60 bits per heavy atom. The van der Waals surface area contributed by atoms with Gasteiger partial charge in [0.1, 0.15) is 19.0 Å². The highest BCUT2D eigenvalue weighted by Gasteiger charge is 2.20. The summed E-state index contributed by atoms with van der Waals surface area (Å²) in [7, 11) is 0. The van der Waals surface area contributed by atoms with Gasteiger partial charge in [0.05, 0.1) is 6.20 Å². The summed E-state index contributed by atoms with van der Waals surface area (Å²) in [5.41, 5.74) is 0.908. The van der Waals surface area contributed by atoms with Crippen LogP contribution in [0.15, 0.2) is 36.8 Å². The lowest BCUT2D eigenvalue weighted by molar-refractivity contribution is 0.171. The van der Waals surface area contributed by atoms with Crippen LogP contribution in [0.2, 0.25) is 0 Å². The molecule has 0 unspecified atom stereocenters. The first-order valence-electron chi connectivity index (χ1n) is 8.26. The number of aromatic nitrogens is 2. The van der Waals surface area contributed by atoms with Crippen LogP contribution in [0.5, 0.6) is 11.5 Å². The fraction of sp³-hybridized carbons (Fsp3) is 0.353. The van der Waals surface area contributed by atoms with E-state index in [1.165, 1.54) is 0 Å². The number of ether oxygens (including phenoxy) is 2. The normalized spacial score (nSPS) is 16.5. The summed E-state index contributed by atoms with van der Waals surface area (Å²) in [6.07, 6.45) is 5.20. The molecular weight excluding hydrogens is 338 g/mol. The smallest absolute Gasteiger partial charge is 0.173 e. The maximum absolute atomic E-state index is 5.61.